The van der Waals surface area contributed by atoms with Gasteiger partial charge in [0.25, 0.3) is 0 Å². The van der Waals surface area contributed by atoms with Crippen molar-refractivity contribution >= 4 is 141 Å². The van der Waals surface area contributed by atoms with E-state index in [4.69, 9.17) is 8.83 Å². The number of aromatic nitrogens is 1. The largest absolute Gasteiger partial charge is 0.456 e. The van der Waals surface area contributed by atoms with Crippen LogP contribution >= 0.6 is 0 Å². The molecule has 0 N–H and O–H groups in total. The van der Waals surface area contributed by atoms with Gasteiger partial charge in [-0.3, -0.25) is 0 Å². The van der Waals surface area contributed by atoms with Gasteiger partial charge < -0.3 is 13.4 Å². The van der Waals surface area contributed by atoms with Gasteiger partial charge in [-0.05, 0) is 238 Å². The van der Waals surface area contributed by atoms with Gasteiger partial charge in [-0.2, -0.15) is 0 Å². The van der Waals surface area contributed by atoms with Crippen LogP contribution in [0.2, 0.25) is 0 Å². The van der Waals surface area contributed by atoms with Crippen molar-refractivity contribution in [3.8, 4) is 72.4 Å². The standard InChI is InChI=1S/C97H59NO2/c1-97(2)82-46-37-56-18-6-7-21-66(56)94(82)76-45-36-64(55-83(76)97)91-71-24-9-11-26-73(71)93(62-35-42-68-60(51-62)40-49-89-96(68)78-28-14-17-31-87(78)100-89)81-53-58(33-44-75(81)91)57-32-43-74-80(52-57)92(61-34-41-67-59(50-61)39-48-88-95(67)77-27-13-16-30-86(77)99-88)72-25-10-8-23-70(72)90(74)63-38-47-85-79(54-63)69-22-12-15-29-84(69)98(85)65-19-4-3-5-20-65/h3-55H,1-2H3. The first-order chi connectivity index (χ1) is 49.3. The fourth-order valence-electron chi connectivity index (χ4n) is 18.0. The van der Waals surface area contributed by atoms with E-state index < -0.39 is 0 Å². The average molecular weight is 1270 g/mol. The number of benzene rings is 18. The summed E-state index contributed by atoms with van der Waals surface area (Å²) in [5.74, 6) is 0. The Labute approximate surface area is 575 Å². The highest BCUT2D eigenvalue weighted by molar-refractivity contribution is 6.27. The third-order valence-corrected chi connectivity index (χ3v) is 22.5. The lowest BCUT2D eigenvalue weighted by Crippen LogP contribution is -2.15. The Balaban J connectivity index is 0.805. The number of hydrogen-bond donors (Lipinski definition) is 0. The highest BCUT2D eigenvalue weighted by Gasteiger charge is 2.37. The molecule has 3 nitrogen and oxygen atoms in total. The van der Waals surface area contributed by atoms with Crippen LogP contribution in [0, 0.1) is 0 Å². The van der Waals surface area contributed by atoms with Gasteiger partial charge in [-0.25, -0.2) is 0 Å². The normalized spacial score (nSPS) is 13.0. The van der Waals surface area contributed by atoms with E-state index in [9.17, 15) is 0 Å². The van der Waals surface area contributed by atoms with Crippen molar-refractivity contribution < 1.29 is 8.83 Å². The smallest absolute Gasteiger partial charge is 0.136 e. The summed E-state index contributed by atoms with van der Waals surface area (Å²) in [5.41, 5.74) is 24.2. The molecule has 0 unspecified atom stereocenters. The predicted molar refractivity (Wildman–Crippen MR) is 423 cm³/mol. The predicted octanol–water partition coefficient (Wildman–Crippen LogP) is 27.3. The van der Waals surface area contributed by atoms with Crippen LogP contribution in [-0.4, -0.2) is 4.57 Å². The molecule has 0 aliphatic heterocycles. The monoisotopic (exact) mass is 1270 g/mol. The van der Waals surface area contributed by atoms with Crippen LogP contribution in [0.4, 0.5) is 0 Å². The lowest BCUT2D eigenvalue weighted by Gasteiger charge is -2.23. The Morgan fingerprint density at radius 1 is 0.230 bits per heavy atom. The fraction of sp³-hybridized carbons (Fsp3) is 0.0309. The van der Waals surface area contributed by atoms with Crippen molar-refractivity contribution in [2.24, 2.45) is 0 Å². The molecular weight excluding hydrogens is 1210 g/mol. The van der Waals surface area contributed by atoms with E-state index in [0.29, 0.717) is 0 Å². The number of para-hydroxylation sites is 4. The van der Waals surface area contributed by atoms with E-state index in [2.05, 4.69) is 340 Å². The van der Waals surface area contributed by atoms with E-state index >= 15 is 0 Å². The van der Waals surface area contributed by atoms with Crippen molar-refractivity contribution in [1.82, 2.24) is 4.57 Å². The van der Waals surface area contributed by atoms with Crippen LogP contribution in [0.25, 0.3) is 214 Å². The molecule has 464 valence electrons. The van der Waals surface area contributed by atoms with Crippen molar-refractivity contribution in [3.05, 3.63) is 333 Å². The molecule has 21 aromatic rings. The van der Waals surface area contributed by atoms with E-state index in [1.807, 2.05) is 0 Å². The van der Waals surface area contributed by atoms with E-state index in [0.717, 1.165) is 66.3 Å². The van der Waals surface area contributed by atoms with Crippen molar-refractivity contribution in [3.63, 3.8) is 0 Å². The Kier molecular flexibility index (Phi) is 11.4. The molecule has 0 fully saturated rings. The summed E-state index contributed by atoms with van der Waals surface area (Å²) in [4.78, 5) is 0. The van der Waals surface area contributed by atoms with Gasteiger partial charge in [0.1, 0.15) is 22.3 Å². The first kappa shape index (κ1) is 55.3. The third kappa shape index (κ3) is 7.80. The second-order valence-electron chi connectivity index (χ2n) is 28.1. The van der Waals surface area contributed by atoms with E-state index in [1.165, 1.54) is 158 Å². The molecule has 1 aliphatic carbocycles. The molecule has 0 bridgehead atoms. The Morgan fingerprint density at radius 2 is 0.640 bits per heavy atom. The zero-order chi connectivity index (χ0) is 65.6. The summed E-state index contributed by atoms with van der Waals surface area (Å²) in [7, 11) is 0. The lowest BCUT2D eigenvalue weighted by molar-refractivity contribution is 0.661. The minimum Gasteiger partial charge on any atom is -0.456 e. The number of hydrogen-bond acceptors (Lipinski definition) is 2. The number of rotatable bonds is 6. The van der Waals surface area contributed by atoms with Crippen LogP contribution in [0.5, 0.6) is 0 Å². The summed E-state index contributed by atoms with van der Waals surface area (Å²) in [6, 6.07) is 120. The summed E-state index contributed by atoms with van der Waals surface area (Å²) in [6.07, 6.45) is 0. The van der Waals surface area contributed by atoms with Gasteiger partial charge in [0.15, 0.2) is 0 Å². The maximum atomic E-state index is 6.47. The molecule has 18 aromatic carbocycles. The molecule has 3 heteroatoms. The van der Waals surface area contributed by atoms with E-state index in [1.54, 1.807) is 0 Å². The fourth-order valence-corrected chi connectivity index (χ4v) is 18.0. The molecule has 3 heterocycles. The molecule has 0 amide bonds. The van der Waals surface area contributed by atoms with Crippen LogP contribution in [0.15, 0.2) is 330 Å². The maximum Gasteiger partial charge on any atom is 0.136 e. The van der Waals surface area contributed by atoms with Crippen LogP contribution in [0.3, 0.4) is 0 Å². The van der Waals surface area contributed by atoms with Crippen molar-refractivity contribution in [2.75, 3.05) is 0 Å². The Morgan fingerprint density at radius 3 is 1.23 bits per heavy atom. The summed E-state index contributed by atoms with van der Waals surface area (Å²) >= 11 is 0. The lowest BCUT2D eigenvalue weighted by atomic mass is 9.80. The van der Waals surface area contributed by atoms with Gasteiger partial charge in [0, 0.05) is 43.4 Å². The quantitative estimate of drug-likeness (QED) is 0.155. The molecule has 0 radical (unpaired) electrons. The molecule has 100 heavy (non-hydrogen) atoms. The minimum atomic E-state index is -0.218. The minimum absolute atomic E-state index is 0.218. The summed E-state index contributed by atoms with van der Waals surface area (Å²) < 4.78 is 15.3. The highest BCUT2D eigenvalue weighted by atomic mass is 16.3. The summed E-state index contributed by atoms with van der Waals surface area (Å²) in [5, 5.41) is 23.9. The zero-order valence-corrected chi connectivity index (χ0v) is 54.9. The third-order valence-electron chi connectivity index (χ3n) is 22.5. The van der Waals surface area contributed by atoms with Gasteiger partial charge in [0.05, 0.1) is 11.0 Å². The summed E-state index contributed by atoms with van der Waals surface area (Å²) in [6.45, 7) is 4.82. The van der Waals surface area contributed by atoms with Crippen molar-refractivity contribution in [2.45, 2.75) is 19.3 Å². The molecule has 3 aromatic heterocycles. The van der Waals surface area contributed by atoms with Crippen LogP contribution in [-0.2, 0) is 5.41 Å². The second-order valence-corrected chi connectivity index (χ2v) is 28.1. The van der Waals surface area contributed by atoms with Gasteiger partial charge >= 0.3 is 0 Å². The van der Waals surface area contributed by atoms with Crippen LogP contribution in [0.1, 0.15) is 25.0 Å². The van der Waals surface area contributed by atoms with Gasteiger partial charge in [-0.1, -0.05) is 250 Å². The van der Waals surface area contributed by atoms with Gasteiger partial charge in [-0.15, -0.1) is 0 Å². The average Bonchev–Trinajstić information content (AvgIpc) is 1.39. The van der Waals surface area contributed by atoms with Gasteiger partial charge in [0.2, 0.25) is 0 Å². The first-order valence-corrected chi connectivity index (χ1v) is 34.8. The molecule has 22 rings (SSSR count). The Hall–Kier alpha value is -12.8. The SMILES string of the molecule is CC1(C)c2cc(-c3c4ccccc4c(-c4ccc5c(ccc6oc7ccccc7c65)c4)c4cc(-c5ccc6c(-c7ccc8c(c7)c7ccccc7n8-c7ccccc7)c7ccccc7c(-c7ccc8c(ccc9oc%10ccccc%10c98)c7)c6c5)ccc34)ccc2-c2c1ccc1ccccc21. The molecular formula is C97H59NO2. The number of nitrogens with zero attached hydrogens (tertiary/aromatic N) is 1. The van der Waals surface area contributed by atoms with Crippen molar-refractivity contribution in [1.29, 1.82) is 0 Å². The first-order valence-electron chi connectivity index (χ1n) is 34.8. The highest BCUT2D eigenvalue weighted by Crippen LogP contribution is 2.55. The molecule has 0 saturated carbocycles. The number of furan rings is 2. The maximum absolute atomic E-state index is 6.47. The molecule has 1 aliphatic rings. The van der Waals surface area contributed by atoms with E-state index in [-0.39, 0.29) is 5.41 Å². The topological polar surface area (TPSA) is 31.2 Å². The molecule has 0 saturated heterocycles. The van der Waals surface area contributed by atoms with Crippen LogP contribution < -0.4 is 0 Å². The molecule has 0 spiro atoms. The Bertz CT molecular complexity index is 7180. The number of fused-ring (bicyclic) bond motifs is 22. The second kappa shape index (κ2) is 20.6. The zero-order valence-electron chi connectivity index (χ0n) is 54.9. The molecule has 0 atom stereocenters.